The Kier molecular flexibility index (Phi) is 5.08. The van der Waals surface area contributed by atoms with Crippen LogP contribution in [-0.2, 0) is 22.4 Å². The average Bonchev–Trinajstić information content (AvgIpc) is 2.69. The summed E-state index contributed by atoms with van der Waals surface area (Å²) in [5.74, 6) is 1.22. The Hall–Kier alpha value is -2.83. The summed E-state index contributed by atoms with van der Waals surface area (Å²) in [6, 6.07) is 1.84. The van der Waals surface area contributed by atoms with Gasteiger partial charge < -0.3 is 18.8 Å². The molecule has 0 unspecified atom stereocenters. The molecule has 0 atom stereocenters. The maximum atomic E-state index is 12.9. The van der Waals surface area contributed by atoms with Crippen LogP contribution in [0.3, 0.4) is 0 Å². The lowest BCUT2D eigenvalue weighted by molar-refractivity contribution is -0.133. The number of methoxy groups -OCH3 is 1. The molecule has 2 aliphatic heterocycles. The van der Waals surface area contributed by atoms with E-state index in [2.05, 4.69) is 0 Å². The molecule has 0 bridgehead atoms. The number of fused-ring (bicyclic) bond motifs is 3. The normalized spacial score (nSPS) is 18.1. The van der Waals surface area contributed by atoms with E-state index in [-0.39, 0.29) is 23.7 Å². The molecule has 30 heavy (non-hydrogen) atoms. The van der Waals surface area contributed by atoms with Crippen LogP contribution in [0.4, 0.5) is 0 Å². The number of carbonyl (C=O) groups excluding carboxylic acids is 2. The number of amides is 1. The second-order valence-electron chi connectivity index (χ2n) is 8.71. The van der Waals surface area contributed by atoms with Crippen LogP contribution >= 0.6 is 0 Å². The molecule has 0 spiro atoms. The molecule has 1 aromatic carbocycles. The molecule has 2 aliphatic rings. The molecule has 0 N–H and O–H groups in total. The molecule has 1 saturated heterocycles. The minimum Gasteiger partial charge on any atom is -0.496 e. The summed E-state index contributed by atoms with van der Waals surface area (Å²) < 4.78 is 17.4. The predicted octanol–water partition coefficient (Wildman–Crippen LogP) is 2.95. The van der Waals surface area contributed by atoms with E-state index in [9.17, 15) is 14.4 Å². The molecular weight excluding hydrogens is 386 g/mol. The summed E-state index contributed by atoms with van der Waals surface area (Å²) in [5.41, 5.74) is 1.54. The number of aryl methyl sites for hydroxylation is 2. The number of rotatable bonds is 3. The zero-order chi connectivity index (χ0) is 21.6. The third kappa shape index (κ3) is 3.57. The van der Waals surface area contributed by atoms with Gasteiger partial charge in [0.05, 0.1) is 24.5 Å². The Morgan fingerprint density at radius 3 is 2.57 bits per heavy atom. The van der Waals surface area contributed by atoms with Gasteiger partial charge in [0.25, 0.3) is 0 Å². The molecule has 1 aromatic heterocycles. The van der Waals surface area contributed by atoms with Gasteiger partial charge in [-0.15, -0.1) is 0 Å². The zero-order valence-corrected chi connectivity index (χ0v) is 17.9. The summed E-state index contributed by atoms with van der Waals surface area (Å²) in [6.45, 7) is 6.68. The third-order valence-corrected chi connectivity index (χ3v) is 6.16. The van der Waals surface area contributed by atoms with Crippen molar-refractivity contribution in [1.29, 1.82) is 0 Å². The number of nitrogens with zero attached hydrogens (tertiary/aromatic N) is 1. The fraction of sp³-hybridized carbons (Fsp3) is 0.522. The number of carbonyl (C=O) groups is 2. The highest BCUT2D eigenvalue weighted by molar-refractivity contribution is 5.93. The van der Waals surface area contributed by atoms with E-state index in [4.69, 9.17) is 13.9 Å². The van der Waals surface area contributed by atoms with Crippen LogP contribution in [-0.4, -0.2) is 42.4 Å². The molecule has 0 saturated carbocycles. The second kappa shape index (κ2) is 7.45. The highest BCUT2D eigenvalue weighted by Gasteiger charge is 2.31. The summed E-state index contributed by atoms with van der Waals surface area (Å²) in [7, 11) is 1.56. The fourth-order valence-electron chi connectivity index (χ4n) is 4.32. The van der Waals surface area contributed by atoms with E-state index < -0.39 is 5.63 Å². The highest BCUT2D eigenvalue weighted by atomic mass is 16.5. The van der Waals surface area contributed by atoms with Crippen LogP contribution in [0.25, 0.3) is 11.0 Å². The van der Waals surface area contributed by atoms with Gasteiger partial charge in [0.1, 0.15) is 28.5 Å². The predicted molar refractivity (Wildman–Crippen MR) is 111 cm³/mol. The Bertz CT molecular complexity index is 1090. The van der Waals surface area contributed by atoms with Crippen LogP contribution < -0.4 is 15.1 Å². The lowest BCUT2D eigenvalue weighted by Gasteiger charge is -2.33. The van der Waals surface area contributed by atoms with Crippen LogP contribution in [0.1, 0.15) is 49.8 Å². The molecular formula is C23H27NO6. The number of benzene rings is 1. The number of Topliss-reactive ketones (excluding diaryl/α,β-unsaturated/α-hetero) is 1. The molecule has 4 rings (SSSR count). The van der Waals surface area contributed by atoms with Crippen LogP contribution in [0.15, 0.2) is 15.3 Å². The summed E-state index contributed by atoms with van der Waals surface area (Å²) in [5, 5.41) is 0.704. The molecule has 160 valence electrons. The number of hydrogen-bond acceptors (Lipinski definition) is 6. The van der Waals surface area contributed by atoms with Gasteiger partial charge in [-0.3, -0.25) is 9.59 Å². The lowest BCUT2D eigenvalue weighted by atomic mass is 9.91. The van der Waals surface area contributed by atoms with E-state index in [1.54, 1.807) is 12.0 Å². The molecule has 1 fully saturated rings. The minimum absolute atomic E-state index is 0.0535. The average molecular weight is 413 g/mol. The van der Waals surface area contributed by atoms with Gasteiger partial charge >= 0.3 is 5.63 Å². The first-order valence-electron chi connectivity index (χ1n) is 10.3. The first kappa shape index (κ1) is 20.4. The van der Waals surface area contributed by atoms with E-state index in [1.165, 1.54) is 0 Å². The van der Waals surface area contributed by atoms with Crippen molar-refractivity contribution in [3.63, 3.8) is 0 Å². The molecule has 1 amide bonds. The smallest absolute Gasteiger partial charge is 0.340 e. The van der Waals surface area contributed by atoms with Crippen molar-refractivity contribution in [3.05, 3.63) is 33.2 Å². The largest absolute Gasteiger partial charge is 0.496 e. The molecule has 2 aromatic rings. The van der Waals surface area contributed by atoms with E-state index in [1.807, 2.05) is 26.8 Å². The van der Waals surface area contributed by atoms with Crippen LogP contribution in [0.5, 0.6) is 11.5 Å². The lowest BCUT2D eigenvalue weighted by Crippen LogP contribution is -2.40. The van der Waals surface area contributed by atoms with Gasteiger partial charge in [-0.2, -0.15) is 0 Å². The van der Waals surface area contributed by atoms with Crippen LogP contribution in [0.2, 0.25) is 0 Å². The zero-order valence-electron chi connectivity index (χ0n) is 17.9. The monoisotopic (exact) mass is 413 g/mol. The Labute approximate surface area is 174 Å². The van der Waals surface area contributed by atoms with Crippen molar-refractivity contribution in [3.8, 4) is 11.5 Å². The molecule has 7 heteroatoms. The minimum atomic E-state index is -0.512. The van der Waals surface area contributed by atoms with Gasteiger partial charge in [-0.05, 0) is 39.2 Å². The number of likely N-dealkylation sites (tertiary alicyclic amines) is 1. The number of ketones is 1. The summed E-state index contributed by atoms with van der Waals surface area (Å²) >= 11 is 0. The summed E-state index contributed by atoms with van der Waals surface area (Å²) in [6.07, 6.45) is 2.21. The quantitative estimate of drug-likeness (QED) is 0.719. The maximum Gasteiger partial charge on any atom is 0.340 e. The first-order valence-corrected chi connectivity index (χ1v) is 10.3. The molecule has 0 aliphatic carbocycles. The Balaban J connectivity index is 1.77. The van der Waals surface area contributed by atoms with Gasteiger partial charge in [0.15, 0.2) is 0 Å². The van der Waals surface area contributed by atoms with Crippen molar-refractivity contribution in [2.75, 3.05) is 20.2 Å². The maximum absolute atomic E-state index is 12.9. The Morgan fingerprint density at radius 1 is 1.20 bits per heavy atom. The molecule has 3 heterocycles. The van der Waals surface area contributed by atoms with E-state index in [0.717, 1.165) is 18.4 Å². The molecule has 7 nitrogen and oxygen atoms in total. The fourth-order valence-corrected chi connectivity index (χ4v) is 4.32. The van der Waals surface area contributed by atoms with Crippen LogP contribution in [0, 0.1) is 6.92 Å². The SMILES string of the molecule is COc1cc2c(c3oc(=O)c(CC(=O)N4CCC(=O)CC4)c(C)c13)CCC(C)(C)O2. The topological polar surface area (TPSA) is 86.0 Å². The van der Waals surface area contributed by atoms with Gasteiger partial charge in [0.2, 0.25) is 5.91 Å². The van der Waals surface area contributed by atoms with Gasteiger partial charge in [-0.1, -0.05) is 0 Å². The summed E-state index contributed by atoms with van der Waals surface area (Å²) in [4.78, 5) is 38.7. The number of hydrogen-bond donors (Lipinski definition) is 0. The van der Waals surface area contributed by atoms with Crippen molar-refractivity contribution in [2.45, 2.75) is 58.5 Å². The molecule has 0 radical (unpaired) electrons. The second-order valence-corrected chi connectivity index (χ2v) is 8.71. The van der Waals surface area contributed by atoms with Crippen molar-refractivity contribution < 1.29 is 23.5 Å². The van der Waals surface area contributed by atoms with Crippen molar-refractivity contribution in [2.24, 2.45) is 0 Å². The number of piperidine rings is 1. The first-order chi connectivity index (χ1) is 14.2. The highest BCUT2D eigenvalue weighted by Crippen LogP contribution is 2.43. The van der Waals surface area contributed by atoms with Gasteiger partial charge in [-0.25, -0.2) is 4.79 Å². The number of ether oxygens (including phenoxy) is 2. The van der Waals surface area contributed by atoms with Crippen molar-refractivity contribution >= 4 is 22.7 Å². The standard InChI is InChI=1S/C23H27NO6/c1-13-16(11-19(26)24-9-6-14(25)7-10-24)22(27)29-21-15-5-8-23(2,3)30-17(15)12-18(28-4)20(13)21/h12H,5-11H2,1-4H3. The van der Waals surface area contributed by atoms with Gasteiger partial charge in [0, 0.05) is 37.6 Å². The third-order valence-electron chi connectivity index (χ3n) is 6.16. The van der Waals surface area contributed by atoms with E-state index in [0.29, 0.717) is 59.5 Å². The van der Waals surface area contributed by atoms with Crippen molar-refractivity contribution in [1.82, 2.24) is 4.90 Å². The van der Waals surface area contributed by atoms with E-state index >= 15 is 0 Å². The Morgan fingerprint density at radius 2 is 1.90 bits per heavy atom.